The molecule has 2 N–H and O–H groups in total. The molecule has 0 saturated heterocycles. The van der Waals surface area contributed by atoms with E-state index in [1.54, 1.807) is 36.5 Å². The van der Waals surface area contributed by atoms with Crippen LogP contribution < -0.4 is 5.32 Å². The van der Waals surface area contributed by atoms with E-state index in [0.717, 1.165) is 0 Å². The van der Waals surface area contributed by atoms with E-state index in [-0.39, 0.29) is 10.6 Å². The van der Waals surface area contributed by atoms with Crippen LogP contribution in [0.15, 0.2) is 41.3 Å². The van der Waals surface area contributed by atoms with Crippen molar-refractivity contribution in [2.24, 2.45) is 0 Å². The number of anilines is 1. The number of rotatable bonds is 2. The highest BCUT2D eigenvalue weighted by atomic mass is 32.2. The molecule has 0 radical (unpaired) electrons. The molecule has 2 aromatic carbocycles. The van der Waals surface area contributed by atoms with Crippen LogP contribution in [-0.2, 0) is 10.1 Å². The van der Waals surface area contributed by atoms with Crippen molar-refractivity contribution in [1.29, 1.82) is 5.26 Å². The fourth-order valence-electron chi connectivity index (χ4n) is 1.68. The Hall–Kier alpha value is -2.10. The number of fused-ring (bicyclic) bond motifs is 1. The summed E-state index contributed by atoms with van der Waals surface area (Å²) < 4.78 is 31.9. The Bertz CT molecular complexity index is 717. The van der Waals surface area contributed by atoms with Gasteiger partial charge in [-0.05, 0) is 11.5 Å². The van der Waals surface area contributed by atoms with Crippen molar-refractivity contribution in [2.45, 2.75) is 4.90 Å². The molecule has 0 spiro atoms. The Kier molecular flexibility index (Phi) is 2.71. The fourth-order valence-corrected chi connectivity index (χ4v) is 2.54. The molecule has 0 aliphatic heterocycles. The van der Waals surface area contributed by atoms with E-state index in [0.29, 0.717) is 10.8 Å². The van der Waals surface area contributed by atoms with Gasteiger partial charge in [-0.1, -0.05) is 30.3 Å². The van der Waals surface area contributed by atoms with Crippen LogP contribution >= 0.6 is 0 Å². The zero-order valence-electron chi connectivity index (χ0n) is 8.58. The van der Waals surface area contributed by atoms with Gasteiger partial charge in [0.1, 0.15) is 4.90 Å². The molecule has 0 aliphatic carbocycles. The Morgan fingerprint density at radius 3 is 2.53 bits per heavy atom. The number of nitrogens with one attached hydrogen (secondary N) is 1. The fraction of sp³-hybridized carbons (Fsp3) is 0. The smallest absolute Gasteiger partial charge is 0.291 e. The average Bonchev–Trinajstić information content (AvgIpc) is 2.27. The summed E-state index contributed by atoms with van der Waals surface area (Å²) >= 11 is 0. The maximum Gasteiger partial charge on any atom is 0.297 e. The van der Waals surface area contributed by atoms with Crippen molar-refractivity contribution in [3.8, 4) is 6.19 Å². The summed E-state index contributed by atoms with van der Waals surface area (Å²) in [6.07, 6.45) is 1.64. The number of hydrogen-bond acceptors (Lipinski definition) is 4. The van der Waals surface area contributed by atoms with Crippen molar-refractivity contribution in [2.75, 3.05) is 5.32 Å². The van der Waals surface area contributed by atoms with Crippen LogP contribution in [0, 0.1) is 11.5 Å². The summed E-state index contributed by atoms with van der Waals surface area (Å²) in [7, 11) is -4.40. The van der Waals surface area contributed by atoms with Gasteiger partial charge in [-0.2, -0.15) is 13.7 Å². The van der Waals surface area contributed by atoms with Gasteiger partial charge < -0.3 is 0 Å². The van der Waals surface area contributed by atoms with E-state index >= 15 is 0 Å². The Labute approximate surface area is 98.0 Å². The van der Waals surface area contributed by atoms with E-state index in [1.807, 2.05) is 0 Å². The Morgan fingerprint density at radius 2 is 1.88 bits per heavy atom. The van der Waals surface area contributed by atoms with Gasteiger partial charge >= 0.3 is 0 Å². The van der Waals surface area contributed by atoms with E-state index in [2.05, 4.69) is 5.32 Å². The van der Waals surface area contributed by atoms with Gasteiger partial charge in [-0.15, -0.1) is 0 Å². The van der Waals surface area contributed by atoms with Crippen LogP contribution in [0.1, 0.15) is 0 Å². The summed E-state index contributed by atoms with van der Waals surface area (Å²) in [6, 6.07) is 9.82. The molecule has 0 amide bonds. The SMILES string of the molecule is N#CNc1ccc2ccccc2c1S(=O)(=O)O. The second-order valence-corrected chi connectivity index (χ2v) is 4.73. The average molecular weight is 248 g/mol. The molecule has 0 aliphatic rings. The summed E-state index contributed by atoms with van der Waals surface area (Å²) in [5.41, 5.74) is 0.0636. The first-order valence-corrected chi connectivity index (χ1v) is 6.12. The summed E-state index contributed by atoms with van der Waals surface area (Å²) in [6.45, 7) is 0. The van der Waals surface area contributed by atoms with Crippen molar-refractivity contribution >= 4 is 26.6 Å². The van der Waals surface area contributed by atoms with Gasteiger partial charge in [-0.25, -0.2) is 0 Å². The van der Waals surface area contributed by atoms with Crippen molar-refractivity contribution < 1.29 is 13.0 Å². The molecule has 0 aromatic heterocycles. The van der Waals surface area contributed by atoms with E-state index < -0.39 is 10.1 Å². The van der Waals surface area contributed by atoms with Crippen molar-refractivity contribution in [3.05, 3.63) is 36.4 Å². The number of benzene rings is 2. The van der Waals surface area contributed by atoms with Gasteiger partial charge in [0.15, 0.2) is 6.19 Å². The number of hydrogen-bond donors (Lipinski definition) is 2. The molecule has 0 atom stereocenters. The lowest BCUT2D eigenvalue weighted by atomic mass is 10.1. The van der Waals surface area contributed by atoms with E-state index in [9.17, 15) is 13.0 Å². The minimum absolute atomic E-state index is 0.0636. The monoisotopic (exact) mass is 248 g/mol. The predicted octanol–water partition coefficient (Wildman–Crippen LogP) is 1.98. The Balaban J connectivity index is 2.91. The second kappa shape index (κ2) is 4.05. The third kappa shape index (κ3) is 2.06. The summed E-state index contributed by atoms with van der Waals surface area (Å²) in [5, 5.41) is 11.8. The topological polar surface area (TPSA) is 90.2 Å². The summed E-state index contributed by atoms with van der Waals surface area (Å²) in [5.74, 6) is 0. The molecule has 2 rings (SSSR count). The molecule has 0 fully saturated rings. The van der Waals surface area contributed by atoms with Gasteiger partial charge in [0, 0.05) is 5.39 Å². The van der Waals surface area contributed by atoms with Crippen LogP contribution in [-0.4, -0.2) is 13.0 Å². The molecule has 17 heavy (non-hydrogen) atoms. The highest BCUT2D eigenvalue weighted by molar-refractivity contribution is 7.86. The van der Waals surface area contributed by atoms with Gasteiger partial charge in [-0.3, -0.25) is 9.87 Å². The number of nitriles is 1. The van der Waals surface area contributed by atoms with Crippen molar-refractivity contribution in [3.63, 3.8) is 0 Å². The molecule has 0 bridgehead atoms. The second-order valence-electron chi connectivity index (χ2n) is 3.38. The zero-order chi connectivity index (χ0) is 12.5. The first-order valence-electron chi connectivity index (χ1n) is 4.68. The molecule has 0 heterocycles. The molecular weight excluding hydrogens is 240 g/mol. The molecule has 6 heteroatoms. The number of nitrogens with zero attached hydrogens (tertiary/aromatic N) is 1. The van der Waals surface area contributed by atoms with Gasteiger partial charge in [0.05, 0.1) is 5.69 Å². The standard InChI is InChI=1S/C11H8N2O3S/c12-7-13-10-6-5-8-3-1-2-4-9(8)11(10)17(14,15)16/h1-6,13H,(H,14,15,16). The largest absolute Gasteiger partial charge is 0.297 e. The van der Waals surface area contributed by atoms with Crippen molar-refractivity contribution in [1.82, 2.24) is 0 Å². The normalized spacial score (nSPS) is 11.1. The van der Waals surface area contributed by atoms with Crippen LogP contribution in [0.25, 0.3) is 10.8 Å². The summed E-state index contributed by atoms with van der Waals surface area (Å²) in [4.78, 5) is -0.280. The maximum absolute atomic E-state index is 11.3. The van der Waals surface area contributed by atoms with Crippen LogP contribution in [0.5, 0.6) is 0 Å². The van der Waals surface area contributed by atoms with E-state index in [1.165, 1.54) is 6.07 Å². The van der Waals surface area contributed by atoms with Gasteiger partial charge in [0.2, 0.25) is 0 Å². The predicted molar refractivity (Wildman–Crippen MR) is 63.0 cm³/mol. The molecule has 2 aromatic rings. The third-order valence-corrected chi connectivity index (χ3v) is 3.28. The minimum atomic E-state index is -4.40. The molecule has 5 nitrogen and oxygen atoms in total. The first kappa shape index (κ1) is 11.4. The van der Waals surface area contributed by atoms with Gasteiger partial charge in [0.25, 0.3) is 10.1 Å². The molecule has 86 valence electrons. The van der Waals surface area contributed by atoms with Crippen LogP contribution in [0.4, 0.5) is 5.69 Å². The van der Waals surface area contributed by atoms with E-state index in [4.69, 9.17) is 5.26 Å². The lowest BCUT2D eigenvalue weighted by molar-refractivity contribution is 0.484. The minimum Gasteiger partial charge on any atom is -0.291 e. The van der Waals surface area contributed by atoms with Crippen LogP contribution in [0.2, 0.25) is 0 Å². The Morgan fingerprint density at radius 1 is 1.18 bits per heavy atom. The lowest BCUT2D eigenvalue weighted by Gasteiger charge is -2.08. The zero-order valence-corrected chi connectivity index (χ0v) is 9.40. The lowest BCUT2D eigenvalue weighted by Crippen LogP contribution is -2.04. The molecule has 0 saturated carbocycles. The van der Waals surface area contributed by atoms with Crippen LogP contribution in [0.3, 0.4) is 0 Å². The first-order chi connectivity index (χ1) is 8.04. The maximum atomic E-state index is 11.3. The quantitative estimate of drug-likeness (QED) is 0.482. The third-order valence-electron chi connectivity index (χ3n) is 2.33. The molecular formula is C11H8N2O3S. The highest BCUT2D eigenvalue weighted by Crippen LogP contribution is 2.30. The molecule has 0 unspecified atom stereocenters. The highest BCUT2D eigenvalue weighted by Gasteiger charge is 2.19.